The highest BCUT2D eigenvalue weighted by Gasteiger charge is 2.40. The summed E-state index contributed by atoms with van der Waals surface area (Å²) in [5.41, 5.74) is 6.13. The third kappa shape index (κ3) is 4.23. The Hall–Kier alpha value is -1.01. The number of nitrogens with one attached hydrogen (secondary N) is 1. The SMILES string of the molecule is CCCC(CCC)(C(=O)Nc1nc(C(C)C)cs1)C(N)=S. The number of nitrogens with two attached hydrogens (primary N) is 1. The van der Waals surface area contributed by atoms with Crippen LogP contribution in [-0.2, 0) is 4.79 Å². The van der Waals surface area contributed by atoms with Crippen molar-refractivity contribution >= 4 is 39.6 Å². The first-order valence-electron chi connectivity index (χ1n) is 7.44. The van der Waals surface area contributed by atoms with Crippen molar-refractivity contribution in [3.63, 3.8) is 0 Å². The van der Waals surface area contributed by atoms with Crippen LogP contribution in [0, 0.1) is 5.41 Å². The van der Waals surface area contributed by atoms with Crippen LogP contribution in [0.3, 0.4) is 0 Å². The molecule has 0 aliphatic carbocycles. The molecule has 3 N–H and O–H groups in total. The number of hydrogen-bond acceptors (Lipinski definition) is 4. The molecule has 118 valence electrons. The summed E-state index contributed by atoms with van der Waals surface area (Å²) in [6, 6.07) is 0. The molecule has 1 aromatic heterocycles. The zero-order valence-corrected chi connectivity index (χ0v) is 14.9. The molecule has 1 heterocycles. The number of anilines is 1. The van der Waals surface area contributed by atoms with Crippen LogP contribution in [0.2, 0.25) is 0 Å². The minimum absolute atomic E-state index is 0.122. The minimum atomic E-state index is -0.761. The molecular formula is C15H25N3OS2. The van der Waals surface area contributed by atoms with E-state index in [1.165, 1.54) is 11.3 Å². The fraction of sp³-hybridized carbons (Fsp3) is 0.667. The number of nitrogens with zero attached hydrogens (tertiary/aromatic N) is 1. The standard InChI is InChI=1S/C15H25N3OS2/c1-5-7-15(8-6-2,12(16)20)13(19)18-14-17-11(9-21-14)10(3)4/h9-10H,5-8H2,1-4H3,(H2,16,20)(H,17,18,19). The summed E-state index contributed by atoms with van der Waals surface area (Å²) in [7, 11) is 0. The molecule has 0 aliphatic rings. The number of carbonyl (C=O) groups is 1. The summed E-state index contributed by atoms with van der Waals surface area (Å²) in [5.74, 6) is 0.224. The van der Waals surface area contributed by atoms with Crippen LogP contribution < -0.4 is 11.1 Å². The number of thiocarbonyl (C=S) groups is 1. The Labute approximate surface area is 136 Å². The molecule has 0 aromatic carbocycles. The first-order chi connectivity index (χ1) is 9.87. The van der Waals surface area contributed by atoms with Crippen LogP contribution in [0.25, 0.3) is 0 Å². The molecular weight excluding hydrogens is 302 g/mol. The molecule has 0 saturated carbocycles. The molecule has 0 aliphatic heterocycles. The summed E-state index contributed by atoms with van der Waals surface area (Å²) in [5, 5.41) is 5.51. The average molecular weight is 328 g/mol. The van der Waals surface area contributed by atoms with Crippen molar-refractivity contribution in [3.8, 4) is 0 Å². The van der Waals surface area contributed by atoms with Crippen molar-refractivity contribution in [3.05, 3.63) is 11.1 Å². The third-order valence-corrected chi connectivity index (χ3v) is 4.76. The van der Waals surface area contributed by atoms with E-state index in [2.05, 4.69) is 24.1 Å². The molecule has 0 saturated heterocycles. The lowest BCUT2D eigenvalue weighted by molar-refractivity contribution is -0.122. The maximum Gasteiger partial charge on any atom is 0.239 e. The van der Waals surface area contributed by atoms with Gasteiger partial charge < -0.3 is 11.1 Å². The lowest BCUT2D eigenvalue weighted by Gasteiger charge is -2.30. The maximum atomic E-state index is 12.7. The predicted molar refractivity (Wildman–Crippen MR) is 93.9 cm³/mol. The molecule has 0 atom stereocenters. The lowest BCUT2D eigenvalue weighted by atomic mass is 9.78. The smallest absolute Gasteiger partial charge is 0.239 e. The van der Waals surface area contributed by atoms with E-state index in [4.69, 9.17) is 18.0 Å². The molecule has 0 bridgehead atoms. The van der Waals surface area contributed by atoms with Crippen LogP contribution in [0.5, 0.6) is 0 Å². The van der Waals surface area contributed by atoms with E-state index in [1.54, 1.807) is 0 Å². The van der Waals surface area contributed by atoms with Crippen LogP contribution in [0.4, 0.5) is 5.13 Å². The molecule has 1 rings (SSSR count). The topological polar surface area (TPSA) is 68.0 Å². The van der Waals surface area contributed by atoms with Gasteiger partial charge in [-0.3, -0.25) is 4.79 Å². The maximum absolute atomic E-state index is 12.7. The molecule has 6 heteroatoms. The van der Waals surface area contributed by atoms with Gasteiger partial charge in [-0.1, -0.05) is 52.8 Å². The van der Waals surface area contributed by atoms with Gasteiger partial charge in [-0.05, 0) is 18.8 Å². The van der Waals surface area contributed by atoms with Gasteiger partial charge in [-0.2, -0.15) is 0 Å². The molecule has 1 amide bonds. The molecule has 1 aromatic rings. The molecule has 0 unspecified atom stereocenters. The van der Waals surface area contributed by atoms with Crippen molar-refractivity contribution in [2.45, 2.75) is 59.3 Å². The van der Waals surface area contributed by atoms with Crippen molar-refractivity contribution in [1.29, 1.82) is 0 Å². The van der Waals surface area contributed by atoms with Crippen molar-refractivity contribution in [2.24, 2.45) is 11.1 Å². The van der Waals surface area contributed by atoms with E-state index < -0.39 is 5.41 Å². The highest BCUT2D eigenvalue weighted by atomic mass is 32.1. The van der Waals surface area contributed by atoms with E-state index in [9.17, 15) is 4.79 Å². The van der Waals surface area contributed by atoms with Gasteiger partial charge >= 0.3 is 0 Å². The Morgan fingerprint density at radius 3 is 2.38 bits per heavy atom. The lowest BCUT2D eigenvalue weighted by Crippen LogP contribution is -2.46. The number of thiazole rings is 1. The molecule has 21 heavy (non-hydrogen) atoms. The second kappa shape index (κ2) is 7.84. The van der Waals surface area contributed by atoms with Crippen molar-refractivity contribution in [2.75, 3.05) is 5.32 Å². The van der Waals surface area contributed by atoms with Gasteiger partial charge in [0.05, 0.1) is 16.1 Å². The zero-order chi connectivity index (χ0) is 16.0. The van der Waals surface area contributed by atoms with Crippen LogP contribution in [0.15, 0.2) is 5.38 Å². The summed E-state index contributed by atoms with van der Waals surface area (Å²) < 4.78 is 0. The van der Waals surface area contributed by atoms with E-state index in [1.807, 2.05) is 19.2 Å². The number of carbonyl (C=O) groups excluding carboxylic acids is 1. The molecule has 0 spiro atoms. The summed E-state index contributed by atoms with van der Waals surface area (Å²) in [6.07, 6.45) is 3.06. The Bertz CT molecular complexity index is 491. The zero-order valence-electron chi connectivity index (χ0n) is 13.2. The second-order valence-corrected chi connectivity index (χ2v) is 6.93. The fourth-order valence-corrected chi connectivity index (χ4v) is 3.55. The van der Waals surface area contributed by atoms with Crippen LogP contribution in [-0.4, -0.2) is 15.9 Å². The van der Waals surface area contributed by atoms with Gasteiger partial charge in [0, 0.05) is 5.38 Å². The minimum Gasteiger partial charge on any atom is -0.392 e. The first-order valence-corrected chi connectivity index (χ1v) is 8.73. The van der Waals surface area contributed by atoms with E-state index in [-0.39, 0.29) is 10.9 Å². The Kier molecular flexibility index (Phi) is 6.74. The second-order valence-electron chi connectivity index (χ2n) is 5.63. The summed E-state index contributed by atoms with van der Waals surface area (Å²) >= 11 is 6.64. The van der Waals surface area contributed by atoms with Gasteiger partial charge in [0.25, 0.3) is 0 Å². The van der Waals surface area contributed by atoms with Crippen molar-refractivity contribution in [1.82, 2.24) is 4.98 Å². The number of aromatic nitrogens is 1. The first kappa shape index (κ1) is 18.0. The normalized spacial score (nSPS) is 11.7. The van der Waals surface area contributed by atoms with Gasteiger partial charge in [0.2, 0.25) is 5.91 Å². The number of amides is 1. The predicted octanol–water partition coefficient (Wildman–Crippen LogP) is 4.08. The van der Waals surface area contributed by atoms with Gasteiger partial charge in [-0.15, -0.1) is 11.3 Å². The Morgan fingerprint density at radius 1 is 1.43 bits per heavy atom. The molecule has 4 nitrogen and oxygen atoms in total. The molecule has 0 radical (unpaired) electrons. The quantitative estimate of drug-likeness (QED) is 0.706. The van der Waals surface area contributed by atoms with Gasteiger partial charge in [0.15, 0.2) is 5.13 Å². The summed E-state index contributed by atoms with van der Waals surface area (Å²) in [6.45, 7) is 8.23. The highest BCUT2D eigenvalue weighted by Crippen LogP contribution is 2.33. The summed E-state index contributed by atoms with van der Waals surface area (Å²) in [4.78, 5) is 17.5. The average Bonchev–Trinajstić information content (AvgIpc) is 2.86. The number of hydrogen-bond donors (Lipinski definition) is 2. The molecule has 0 fully saturated rings. The number of rotatable bonds is 8. The van der Waals surface area contributed by atoms with Gasteiger partial charge in [-0.25, -0.2) is 4.98 Å². The van der Waals surface area contributed by atoms with Crippen molar-refractivity contribution < 1.29 is 4.79 Å². The van der Waals surface area contributed by atoms with E-state index >= 15 is 0 Å². The monoisotopic (exact) mass is 327 g/mol. The largest absolute Gasteiger partial charge is 0.392 e. The fourth-order valence-electron chi connectivity index (χ4n) is 2.39. The van der Waals surface area contributed by atoms with Crippen LogP contribution in [0.1, 0.15) is 65.0 Å². The Balaban J connectivity index is 2.96. The highest BCUT2D eigenvalue weighted by molar-refractivity contribution is 7.80. The van der Waals surface area contributed by atoms with E-state index in [0.29, 0.717) is 23.9 Å². The van der Waals surface area contributed by atoms with E-state index in [0.717, 1.165) is 18.5 Å². The van der Waals surface area contributed by atoms with Gasteiger partial charge in [0.1, 0.15) is 0 Å². The van der Waals surface area contributed by atoms with Crippen LogP contribution >= 0.6 is 23.6 Å². The Morgan fingerprint density at radius 2 is 2.00 bits per heavy atom. The third-order valence-electron chi connectivity index (χ3n) is 3.59.